The van der Waals surface area contributed by atoms with Gasteiger partial charge < -0.3 is 39.2 Å². The molecule has 466 valence electrons. The number of nitrogens with one attached hydrogen (secondary N) is 4. The lowest BCUT2D eigenvalue weighted by atomic mass is 9.72. The molecule has 21 nitrogen and oxygen atoms in total. The molecule has 3 saturated heterocycles. The molecule has 1 atom stereocenters. The van der Waals surface area contributed by atoms with Crippen molar-refractivity contribution >= 4 is 78.9 Å². The molecule has 3 fully saturated rings. The molecular weight excluding hydrogens is 1180 g/mol. The van der Waals surface area contributed by atoms with Gasteiger partial charge in [-0.25, -0.2) is 18.1 Å². The number of allylic oxidation sites excluding steroid dienone is 1. The highest BCUT2D eigenvalue weighted by atomic mass is 35.5. The normalized spacial score (nSPS) is 18.4. The highest BCUT2D eigenvalue weighted by Gasteiger charge is 2.39. The maximum absolute atomic E-state index is 14.1. The van der Waals surface area contributed by atoms with Crippen LogP contribution in [0.15, 0.2) is 114 Å². The summed E-state index contributed by atoms with van der Waals surface area (Å²) in [6.07, 6.45) is 9.12. The number of rotatable bonds is 22. The number of nitro groups is 1. The maximum Gasteiger partial charge on any atom is 0.293 e. The van der Waals surface area contributed by atoms with Gasteiger partial charge in [0.1, 0.15) is 28.9 Å². The number of halogens is 1. The lowest BCUT2D eigenvalue weighted by Crippen LogP contribution is -2.52. The molecule has 1 aliphatic carbocycles. The summed E-state index contributed by atoms with van der Waals surface area (Å²) in [6.45, 7) is 13.5. The van der Waals surface area contributed by atoms with Gasteiger partial charge in [-0.15, -0.1) is 0 Å². The van der Waals surface area contributed by atoms with Crippen LogP contribution in [0.1, 0.15) is 103 Å². The zero-order chi connectivity index (χ0) is 62.2. The van der Waals surface area contributed by atoms with E-state index in [0.717, 1.165) is 99.1 Å². The summed E-state index contributed by atoms with van der Waals surface area (Å²) >= 11 is 6.27. The number of sulfonamides is 1. The fourth-order valence-corrected chi connectivity index (χ4v) is 13.4. The van der Waals surface area contributed by atoms with Crippen molar-refractivity contribution in [3.63, 3.8) is 0 Å². The van der Waals surface area contributed by atoms with Gasteiger partial charge in [0.2, 0.25) is 11.8 Å². The molecule has 2 aromatic heterocycles. The third-order valence-corrected chi connectivity index (χ3v) is 19.0. The van der Waals surface area contributed by atoms with Crippen LogP contribution < -0.4 is 25.0 Å². The Morgan fingerprint density at radius 1 is 0.876 bits per heavy atom. The number of carbonyl (C=O) groups is 4. The molecule has 4 N–H and O–H groups in total. The number of aromatic amines is 1. The van der Waals surface area contributed by atoms with E-state index in [0.29, 0.717) is 88.0 Å². The number of hydrogen-bond donors (Lipinski definition) is 4. The number of imide groups is 1. The molecule has 4 aromatic carbocycles. The number of aromatic nitrogens is 2. The number of nitrogens with zero attached hydrogens (tertiary/aromatic N) is 6. The van der Waals surface area contributed by atoms with Crippen molar-refractivity contribution < 1.29 is 46.7 Å². The molecule has 4 aliphatic heterocycles. The number of piperidine rings is 2. The first kappa shape index (κ1) is 62.4. The van der Waals surface area contributed by atoms with E-state index < -0.39 is 43.4 Å². The molecule has 11 rings (SSSR count). The Balaban J connectivity index is 0.630. The minimum atomic E-state index is -4.63. The number of benzene rings is 4. The fourth-order valence-electron chi connectivity index (χ4n) is 12.3. The van der Waals surface area contributed by atoms with Gasteiger partial charge in [0.15, 0.2) is 0 Å². The summed E-state index contributed by atoms with van der Waals surface area (Å²) in [6, 6.07) is 25.2. The molecule has 23 heteroatoms. The van der Waals surface area contributed by atoms with Crippen molar-refractivity contribution in [3.8, 4) is 23.3 Å². The summed E-state index contributed by atoms with van der Waals surface area (Å²) in [4.78, 5) is 78.6. The largest absolute Gasteiger partial charge is 0.455 e. The van der Waals surface area contributed by atoms with Crippen LogP contribution >= 0.6 is 11.6 Å². The third-order valence-electron chi connectivity index (χ3n) is 17.4. The fraction of sp³-hybridized carbons (Fsp3) is 0.409. The Hall–Kier alpha value is -8.17. The lowest BCUT2D eigenvalue weighted by Gasteiger charge is -2.39. The van der Waals surface area contributed by atoms with Crippen molar-refractivity contribution in [3.05, 3.63) is 152 Å². The summed E-state index contributed by atoms with van der Waals surface area (Å²) in [5.74, 6) is 4.86. The average Bonchev–Trinajstić information content (AvgIpc) is 2.32. The number of fused-ring (bicyclic) bond motifs is 2. The Labute approximate surface area is 522 Å². The predicted octanol–water partition coefficient (Wildman–Crippen LogP) is 9.18. The number of pyridine rings is 1. The van der Waals surface area contributed by atoms with Crippen LogP contribution in [0.4, 0.5) is 17.1 Å². The van der Waals surface area contributed by atoms with Gasteiger partial charge >= 0.3 is 0 Å². The zero-order valence-corrected chi connectivity index (χ0v) is 51.6. The van der Waals surface area contributed by atoms with Crippen molar-refractivity contribution in [2.75, 3.05) is 95.5 Å². The standard InChI is InChI=1S/C66H73ClN10O11S/c1-66(2)22-18-49(56(39-66)46-8-10-50(67)11-9-46)42-74-26-28-75(29-27-74)51-12-14-54(60(37-51)88-52-36-47-19-23-68-62(47)70-41-52)63(79)72-89(84,85)53-13-15-57(59(38-53)77(82)83)69-40-45-20-24-73(25-21-45)30-32-87-34-33-86-31-4-3-5-44-6-7-48-43-76(65(81)55(48)35-44)58-16-17-61(78)71-64(58)80/h6-15,19,23,35-38,41,45,58,69H,4,16-18,20-22,24-34,39-40,42-43H2,1-2H3,(H,68,70)(H,72,79)(H,71,78,80). The van der Waals surface area contributed by atoms with E-state index >= 15 is 0 Å². The molecule has 0 saturated carbocycles. The van der Waals surface area contributed by atoms with E-state index in [9.17, 15) is 37.7 Å². The van der Waals surface area contributed by atoms with Crippen LogP contribution in [0, 0.1) is 33.3 Å². The van der Waals surface area contributed by atoms with Crippen LogP contribution in [0.25, 0.3) is 16.6 Å². The second kappa shape index (κ2) is 27.7. The van der Waals surface area contributed by atoms with E-state index in [4.69, 9.17) is 25.8 Å². The van der Waals surface area contributed by atoms with Crippen LogP contribution in [-0.4, -0.2) is 153 Å². The first-order valence-electron chi connectivity index (χ1n) is 30.3. The van der Waals surface area contributed by atoms with Crippen molar-refractivity contribution in [2.45, 2.75) is 82.7 Å². The number of hydrogen-bond acceptors (Lipinski definition) is 16. The van der Waals surface area contributed by atoms with Gasteiger partial charge in [-0.3, -0.25) is 39.5 Å². The molecule has 0 spiro atoms. The van der Waals surface area contributed by atoms with Gasteiger partial charge in [-0.1, -0.05) is 61.1 Å². The number of anilines is 2. The minimum absolute atomic E-state index is 0.0570. The van der Waals surface area contributed by atoms with Gasteiger partial charge in [-0.2, -0.15) is 0 Å². The summed E-state index contributed by atoms with van der Waals surface area (Å²) in [5.41, 5.74) is 7.43. The Bertz CT molecular complexity index is 3860. The molecule has 0 bridgehead atoms. The monoisotopic (exact) mass is 1250 g/mol. The molecule has 0 radical (unpaired) electrons. The number of carbonyl (C=O) groups excluding carboxylic acids is 4. The van der Waals surface area contributed by atoms with Crippen molar-refractivity contribution in [2.24, 2.45) is 11.3 Å². The molecule has 6 aromatic rings. The highest BCUT2D eigenvalue weighted by Crippen LogP contribution is 2.44. The van der Waals surface area contributed by atoms with Gasteiger partial charge in [0, 0.05) is 111 Å². The SMILES string of the molecule is CC1(C)CCC(CN2CCN(c3ccc(C(=O)NS(=O)(=O)c4ccc(NCC5CCN(CCOCCOCCC#Cc6ccc7c(c6)C(=O)N(C6CCC(=O)NC6=O)C7)CC5)c([N+](=O)[O-])c4)c(Oc4cnc5[nH]ccc5c4)c3)CC2)=C(c2ccc(Cl)cc2)C1. The number of piperazine rings is 1. The quantitative estimate of drug-likeness (QED) is 0.0163. The zero-order valence-electron chi connectivity index (χ0n) is 50.0. The van der Waals surface area contributed by atoms with Crippen LogP contribution in [-0.2, 0) is 35.6 Å². The van der Waals surface area contributed by atoms with Gasteiger partial charge in [0.05, 0.1) is 48.0 Å². The lowest BCUT2D eigenvalue weighted by molar-refractivity contribution is -0.384. The van der Waals surface area contributed by atoms with E-state index in [1.165, 1.54) is 46.0 Å². The topological polar surface area (TPSA) is 251 Å². The molecule has 6 heterocycles. The van der Waals surface area contributed by atoms with E-state index in [-0.39, 0.29) is 46.6 Å². The smallest absolute Gasteiger partial charge is 0.293 e. The predicted molar refractivity (Wildman–Crippen MR) is 338 cm³/mol. The molecule has 1 unspecified atom stereocenters. The van der Waals surface area contributed by atoms with Crippen LogP contribution in [0.2, 0.25) is 5.02 Å². The van der Waals surface area contributed by atoms with E-state index in [1.807, 2.05) is 30.3 Å². The van der Waals surface area contributed by atoms with Gasteiger partial charge in [-0.05, 0) is 140 Å². The number of nitro benzene ring substituents is 1. The summed E-state index contributed by atoms with van der Waals surface area (Å²) in [7, 11) is -4.63. The summed E-state index contributed by atoms with van der Waals surface area (Å²) < 4.78 is 48.0. The van der Waals surface area contributed by atoms with Crippen molar-refractivity contribution in [1.82, 2.24) is 34.7 Å². The van der Waals surface area contributed by atoms with Gasteiger partial charge in [0.25, 0.3) is 27.5 Å². The third kappa shape index (κ3) is 15.5. The first-order valence-corrected chi connectivity index (χ1v) is 32.2. The molecular formula is C66H73ClN10O11S. The van der Waals surface area contributed by atoms with Crippen LogP contribution in [0.3, 0.4) is 0 Å². The number of H-pyrrole nitrogens is 1. The number of amides is 4. The average molecular weight is 1250 g/mol. The Kier molecular flexibility index (Phi) is 19.4. The Morgan fingerprint density at radius 2 is 1.66 bits per heavy atom. The first-order chi connectivity index (χ1) is 42.9. The number of likely N-dealkylation sites (tertiary alicyclic amines) is 1. The Morgan fingerprint density at radius 3 is 2.44 bits per heavy atom. The second-order valence-corrected chi connectivity index (χ2v) is 26.3. The highest BCUT2D eigenvalue weighted by molar-refractivity contribution is 7.90. The molecule has 4 amide bonds. The van der Waals surface area contributed by atoms with E-state index in [2.05, 4.69) is 77.8 Å². The maximum atomic E-state index is 14.1. The molecule has 5 aliphatic rings. The minimum Gasteiger partial charge on any atom is -0.455 e. The summed E-state index contributed by atoms with van der Waals surface area (Å²) in [5, 5.41) is 19.5. The second-order valence-electron chi connectivity index (χ2n) is 24.1. The number of ether oxygens (including phenoxy) is 3. The van der Waals surface area contributed by atoms with Crippen molar-refractivity contribution in [1.29, 1.82) is 0 Å². The molecule has 89 heavy (non-hydrogen) atoms. The van der Waals surface area contributed by atoms with E-state index in [1.54, 1.807) is 30.5 Å². The van der Waals surface area contributed by atoms with Crippen LogP contribution in [0.5, 0.6) is 11.5 Å².